The van der Waals surface area contributed by atoms with Crippen LogP contribution in [0.25, 0.3) is 0 Å². The Kier molecular flexibility index (Phi) is 3.76. The number of fused-ring (bicyclic) bond motifs is 1. The summed E-state index contributed by atoms with van der Waals surface area (Å²) in [6, 6.07) is 5.50. The van der Waals surface area contributed by atoms with E-state index >= 15 is 0 Å². The average Bonchev–Trinajstić information content (AvgIpc) is 2.78. The van der Waals surface area contributed by atoms with Crippen LogP contribution >= 0.6 is 11.6 Å². The van der Waals surface area contributed by atoms with E-state index < -0.39 is 0 Å². The van der Waals surface area contributed by atoms with Gasteiger partial charge in [0, 0.05) is 32.2 Å². The predicted molar refractivity (Wildman–Crippen MR) is 72.8 cm³/mol. The molecule has 0 bridgehead atoms. The maximum Gasteiger partial charge on any atom is 0.142 e. The van der Waals surface area contributed by atoms with Crippen molar-refractivity contribution in [1.29, 1.82) is 0 Å². The van der Waals surface area contributed by atoms with E-state index in [1.807, 2.05) is 6.07 Å². The normalized spacial score (nSPS) is 28.6. The second kappa shape index (κ2) is 5.37. The van der Waals surface area contributed by atoms with Crippen LogP contribution in [0.3, 0.4) is 0 Å². The Balaban J connectivity index is 1.66. The molecule has 0 amide bonds. The van der Waals surface area contributed by atoms with Gasteiger partial charge >= 0.3 is 0 Å². The minimum absolute atomic E-state index is 0.182. The molecule has 0 N–H and O–H groups in total. The van der Waals surface area contributed by atoms with Crippen LogP contribution in [0, 0.1) is 5.82 Å². The van der Waals surface area contributed by atoms with Crippen LogP contribution in [-0.2, 0) is 11.3 Å². The molecule has 0 saturated carbocycles. The molecule has 0 aromatic heterocycles. The van der Waals surface area contributed by atoms with Crippen LogP contribution in [0.2, 0.25) is 5.02 Å². The Morgan fingerprint density at radius 1 is 1.42 bits per heavy atom. The lowest BCUT2D eigenvalue weighted by atomic mass is 10.1. The fraction of sp³-hybridized carbons (Fsp3) is 0.571. The number of likely N-dealkylation sites (tertiary alicyclic amines) is 1. The molecule has 0 spiro atoms. The van der Waals surface area contributed by atoms with E-state index in [1.54, 1.807) is 6.07 Å². The first kappa shape index (κ1) is 13.3. The third kappa shape index (κ3) is 2.77. The Bertz CT molecular complexity index is 471. The SMILES string of the molecule is CN1CCO[C@@H]2CN(Cc3ccc(Cl)c(F)c3)C[C@H]21. The third-order valence-corrected chi connectivity index (χ3v) is 4.35. The summed E-state index contributed by atoms with van der Waals surface area (Å²) in [5, 5.41) is 0.182. The summed E-state index contributed by atoms with van der Waals surface area (Å²) >= 11 is 5.70. The average molecular weight is 285 g/mol. The number of likely N-dealkylation sites (N-methyl/N-ethyl adjacent to an activating group) is 1. The summed E-state index contributed by atoms with van der Waals surface area (Å²) in [6.45, 7) is 4.44. The summed E-state index contributed by atoms with van der Waals surface area (Å²) in [5.74, 6) is -0.343. The molecule has 1 aromatic carbocycles. The van der Waals surface area contributed by atoms with Crippen molar-refractivity contribution in [3.63, 3.8) is 0 Å². The Morgan fingerprint density at radius 3 is 3.00 bits per heavy atom. The second-order valence-electron chi connectivity index (χ2n) is 5.40. The van der Waals surface area contributed by atoms with Gasteiger partial charge in [-0.3, -0.25) is 9.80 Å². The van der Waals surface area contributed by atoms with Crippen LogP contribution < -0.4 is 0 Å². The summed E-state index contributed by atoms with van der Waals surface area (Å²) < 4.78 is 19.2. The van der Waals surface area contributed by atoms with E-state index in [0.717, 1.165) is 38.3 Å². The smallest absolute Gasteiger partial charge is 0.142 e. The highest BCUT2D eigenvalue weighted by Crippen LogP contribution is 2.24. The summed E-state index contributed by atoms with van der Waals surface area (Å²) in [6.07, 6.45) is 0.288. The van der Waals surface area contributed by atoms with Gasteiger partial charge in [0.25, 0.3) is 0 Å². The lowest BCUT2D eigenvalue weighted by Crippen LogP contribution is -2.48. The fourth-order valence-electron chi connectivity index (χ4n) is 2.96. The highest BCUT2D eigenvalue weighted by molar-refractivity contribution is 6.30. The molecule has 0 unspecified atom stereocenters. The van der Waals surface area contributed by atoms with Crippen molar-refractivity contribution in [3.05, 3.63) is 34.6 Å². The third-order valence-electron chi connectivity index (χ3n) is 4.04. The van der Waals surface area contributed by atoms with Gasteiger partial charge in [-0.15, -0.1) is 0 Å². The lowest BCUT2D eigenvalue weighted by Gasteiger charge is -2.33. The molecule has 3 nitrogen and oxygen atoms in total. The first-order valence-electron chi connectivity index (χ1n) is 6.61. The van der Waals surface area contributed by atoms with Crippen molar-refractivity contribution in [2.45, 2.75) is 18.7 Å². The van der Waals surface area contributed by atoms with Crippen LogP contribution in [0.4, 0.5) is 4.39 Å². The minimum atomic E-state index is -0.343. The van der Waals surface area contributed by atoms with Gasteiger partial charge in [0.05, 0.1) is 17.7 Å². The fourth-order valence-corrected chi connectivity index (χ4v) is 3.08. The van der Waals surface area contributed by atoms with Gasteiger partial charge in [-0.05, 0) is 24.7 Å². The van der Waals surface area contributed by atoms with Gasteiger partial charge in [0.15, 0.2) is 0 Å². The zero-order valence-electron chi connectivity index (χ0n) is 11.0. The number of benzene rings is 1. The van der Waals surface area contributed by atoms with Gasteiger partial charge < -0.3 is 4.74 Å². The zero-order valence-corrected chi connectivity index (χ0v) is 11.7. The van der Waals surface area contributed by atoms with E-state index in [1.165, 1.54) is 6.07 Å². The number of ether oxygens (including phenoxy) is 1. The van der Waals surface area contributed by atoms with Crippen LogP contribution in [0.1, 0.15) is 5.56 Å². The molecule has 2 saturated heterocycles. The van der Waals surface area contributed by atoms with Gasteiger partial charge in [0.2, 0.25) is 0 Å². The van der Waals surface area contributed by atoms with Crippen molar-refractivity contribution >= 4 is 11.6 Å². The molecule has 5 heteroatoms. The minimum Gasteiger partial charge on any atom is -0.374 e. The Morgan fingerprint density at radius 2 is 2.26 bits per heavy atom. The number of hydrogen-bond donors (Lipinski definition) is 0. The Hall–Kier alpha value is -0.680. The summed E-state index contributed by atoms with van der Waals surface area (Å²) in [5.41, 5.74) is 0.961. The molecule has 3 rings (SSSR count). The molecule has 2 heterocycles. The van der Waals surface area contributed by atoms with E-state index in [0.29, 0.717) is 6.04 Å². The highest BCUT2D eigenvalue weighted by atomic mass is 35.5. The zero-order chi connectivity index (χ0) is 13.4. The van der Waals surface area contributed by atoms with E-state index in [4.69, 9.17) is 16.3 Å². The van der Waals surface area contributed by atoms with Crippen LogP contribution in [-0.4, -0.2) is 55.2 Å². The molecule has 0 radical (unpaired) electrons. The van der Waals surface area contributed by atoms with Crippen LogP contribution in [0.5, 0.6) is 0 Å². The van der Waals surface area contributed by atoms with Crippen LogP contribution in [0.15, 0.2) is 18.2 Å². The summed E-state index contributed by atoms with van der Waals surface area (Å²) in [7, 11) is 2.14. The molecular formula is C14H18ClFN2O. The molecule has 2 aliphatic rings. The quantitative estimate of drug-likeness (QED) is 0.826. The van der Waals surface area contributed by atoms with E-state index in [2.05, 4.69) is 16.8 Å². The maximum absolute atomic E-state index is 13.4. The van der Waals surface area contributed by atoms with Crippen molar-refractivity contribution in [2.75, 3.05) is 33.3 Å². The first-order valence-corrected chi connectivity index (χ1v) is 6.99. The van der Waals surface area contributed by atoms with E-state index in [-0.39, 0.29) is 16.9 Å². The number of rotatable bonds is 2. The van der Waals surface area contributed by atoms with Gasteiger partial charge in [-0.25, -0.2) is 4.39 Å². The molecule has 2 fully saturated rings. The standard InChI is InChI=1S/C14H18ClFN2O/c1-17-4-5-19-14-9-18(8-13(14)17)7-10-2-3-11(15)12(16)6-10/h2-3,6,13-14H,4-5,7-9H2,1H3/t13-,14-/m1/s1. The molecule has 19 heavy (non-hydrogen) atoms. The van der Waals surface area contributed by atoms with Crippen molar-refractivity contribution in [3.8, 4) is 0 Å². The monoisotopic (exact) mass is 284 g/mol. The van der Waals surface area contributed by atoms with Gasteiger partial charge in [-0.1, -0.05) is 17.7 Å². The number of hydrogen-bond acceptors (Lipinski definition) is 3. The predicted octanol–water partition coefficient (Wildman–Crippen LogP) is 1.99. The second-order valence-corrected chi connectivity index (χ2v) is 5.81. The van der Waals surface area contributed by atoms with Gasteiger partial charge in [-0.2, -0.15) is 0 Å². The first-order chi connectivity index (χ1) is 9.13. The summed E-state index contributed by atoms with van der Waals surface area (Å²) in [4.78, 5) is 4.68. The highest BCUT2D eigenvalue weighted by Gasteiger charge is 2.38. The lowest BCUT2D eigenvalue weighted by molar-refractivity contribution is -0.0370. The molecular weight excluding hydrogens is 267 g/mol. The van der Waals surface area contributed by atoms with E-state index in [9.17, 15) is 4.39 Å². The molecule has 1 aromatic rings. The Labute approximate surface area is 117 Å². The van der Waals surface area contributed by atoms with Crippen molar-refractivity contribution < 1.29 is 9.13 Å². The number of halogens is 2. The largest absolute Gasteiger partial charge is 0.374 e. The van der Waals surface area contributed by atoms with Gasteiger partial charge in [0.1, 0.15) is 5.82 Å². The number of morpholine rings is 1. The maximum atomic E-state index is 13.4. The molecule has 2 atom stereocenters. The van der Waals surface area contributed by atoms with Crippen molar-refractivity contribution in [2.24, 2.45) is 0 Å². The molecule has 2 aliphatic heterocycles. The number of nitrogens with zero attached hydrogens (tertiary/aromatic N) is 2. The van der Waals surface area contributed by atoms with Crippen molar-refractivity contribution in [1.82, 2.24) is 9.80 Å². The topological polar surface area (TPSA) is 15.7 Å². The molecule has 0 aliphatic carbocycles. The molecule has 104 valence electrons.